The highest BCUT2D eigenvalue weighted by Gasteiger charge is 2.49. The lowest BCUT2D eigenvalue weighted by atomic mass is 9.89. The minimum atomic E-state index is -1.10. The number of nitrogens with zero attached hydrogens (tertiary/aromatic N) is 1. The summed E-state index contributed by atoms with van der Waals surface area (Å²) < 4.78 is 11.5. The smallest absolute Gasteiger partial charge is 0.266 e. The molecule has 0 aromatic heterocycles. The Hall–Kier alpha value is -2.42. The second-order valence-electron chi connectivity index (χ2n) is 8.15. The number of hydrogen-bond acceptors (Lipinski definition) is 7. The number of ether oxygens (including phenoxy) is 2. The van der Waals surface area contributed by atoms with Gasteiger partial charge in [0, 0.05) is 31.1 Å². The van der Waals surface area contributed by atoms with Crippen LogP contribution in [0.4, 0.5) is 0 Å². The molecule has 170 valence electrons. The molecule has 2 aliphatic rings. The van der Waals surface area contributed by atoms with E-state index in [1.54, 1.807) is 6.08 Å². The lowest BCUT2D eigenvalue weighted by Crippen LogP contribution is -2.56. The van der Waals surface area contributed by atoms with Crippen LogP contribution in [0.25, 0.3) is 0 Å². The Morgan fingerprint density at radius 2 is 2.03 bits per heavy atom. The molecule has 4 N–H and O–H groups in total. The molecule has 1 heterocycles. The summed E-state index contributed by atoms with van der Waals surface area (Å²) in [6.45, 7) is 6.17. The van der Waals surface area contributed by atoms with E-state index in [0.717, 1.165) is 31.2 Å². The first kappa shape index (κ1) is 23.2. The summed E-state index contributed by atoms with van der Waals surface area (Å²) in [6.07, 6.45) is 4.96. The Morgan fingerprint density at radius 1 is 1.32 bits per heavy atom. The van der Waals surface area contributed by atoms with Crippen molar-refractivity contribution in [2.24, 2.45) is 4.99 Å². The van der Waals surface area contributed by atoms with E-state index < -0.39 is 11.6 Å². The third kappa shape index (κ3) is 5.64. The molecule has 1 saturated carbocycles. The number of rotatable bonds is 10. The first-order valence-corrected chi connectivity index (χ1v) is 10.9. The molecule has 1 aliphatic carbocycles. The molecule has 3 rings (SSSR count). The van der Waals surface area contributed by atoms with Gasteiger partial charge in [-0.05, 0) is 56.9 Å². The quantitative estimate of drug-likeness (QED) is 0.256. The number of aliphatic hydroxyl groups excluding tert-OH is 2. The third-order valence-corrected chi connectivity index (χ3v) is 5.87. The fraction of sp³-hybridized carbons (Fsp3) is 0.565. The summed E-state index contributed by atoms with van der Waals surface area (Å²) in [5.74, 6) is 0.845. The number of carbonyl (C=O) groups is 1. The molecule has 8 heteroatoms. The minimum absolute atomic E-state index is 0.0889. The van der Waals surface area contributed by atoms with E-state index in [9.17, 15) is 9.90 Å². The largest absolute Gasteiger partial charge is 0.494 e. The van der Waals surface area contributed by atoms with Crippen LogP contribution in [0.3, 0.4) is 0 Å². The number of carbonyl (C=O) groups excluding carboxylic acids is 1. The first-order chi connectivity index (χ1) is 15.0. The Balaban J connectivity index is 1.69. The van der Waals surface area contributed by atoms with Gasteiger partial charge in [-0.3, -0.25) is 10.2 Å². The van der Waals surface area contributed by atoms with Gasteiger partial charge in [-0.15, -0.1) is 6.58 Å². The molecule has 0 unspecified atom stereocenters. The molecular formula is C23H33N3O5. The zero-order valence-electron chi connectivity index (χ0n) is 18.0. The second-order valence-corrected chi connectivity index (χ2v) is 8.15. The van der Waals surface area contributed by atoms with Crippen molar-refractivity contribution in [3.63, 3.8) is 0 Å². The number of benzene rings is 1. The highest BCUT2D eigenvalue weighted by atomic mass is 16.5. The molecule has 1 fully saturated rings. The lowest BCUT2D eigenvalue weighted by molar-refractivity contribution is -0.129. The molecule has 8 nitrogen and oxygen atoms in total. The van der Waals surface area contributed by atoms with Crippen molar-refractivity contribution in [1.82, 2.24) is 10.9 Å². The Labute approximate surface area is 183 Å². The standard InChI is InChI=1S/C23H33N3O5/c1-3-13-23(22(29)26-25-18-7-9-19(28)10-8-18)16(2)31-21(24-23)17-5-11-20(12-6-17)30-15-4-14-27/h3,5-6,11-12,16,18-19,25,27-28H,1,4,7-10,13-15H2,2H3,(H,26,29)/t16-,18?,19?,23-/m0/s1. The average Bonchev–Trinajstić information content (AvgIpc) is 3.11. The van der Waals surface area contributed by atoms with Gasteiger partial charge in [-0.2, -0.15) is 0 Å². The van der Waals surface area contributed by atoms with E-state index in [2.05, 4.69) is 17.4 Å². The van der Waals surface area contributed by atoms with Crippen LogP contribution in [0.5, 0.6) is 5.75 Å². The summed E-state index contributed by atoms with van der Waals surface area (Å²) in [4.78, 5) is 17.9. The van der Waals surface area contributed by atoms with Crippen LogP contribution < -0.4 is 15.6 Å². The van der Waals surface area contributed by atoms with Crippen molar-refractivity contribution in [1.29, 1.82) is 0 Å². The van der Waals surface area contributed by atoms with E-state index in [0.29, 0.717) is 31.1 Å². The van der Waals surface area contributed by atoms with E-state index in [4.69, 9.17) is 19.6 Å². The van der Waals surface area contributed by atoms with E-state index in [-0.39, 0.29) is 24.7 Å². The summed E-state index contributed by atoms with van der Waals surface area (Å²) in [5, 5.41) is 18.5. The summed E-state index contributed by atoms with van der Waals surface area (Å²) >= 11 is 0. The maximum absolute atomic E-state index is 13.2. The maximum Gasteiger partial charge on any atom is 0.266 e. The molecular weight excluding hydrogens is 398 g/mol. The van der Waals surface area contributed by atoms with Crippen molar-refractivity contribution in [3.05, 3.63) is 42.5 Å². The lowest BCUT2D eigenvalue weighted by Gasteiger charge is -2.30. The van der Waals surface area contributed by atoms with Gasteiger partial charge in [0.2, 0.25) is 5.90 Å². The number of amides is 1. The van der Waals surface area contributed by atoms with Crippen LogP contribution in [0, 0.1) is 0 Å². The van der Waals surface area contributed by atoms with Crippen molar-refractivity contribution in [2.45, 2.75) is 69.2 Å². The highest BCUT2D eigenvalue weighted by molar-refractivity contribution is 6.00. The van der Waals surface area contributed by atoms with Gasteiger partial charge < -0.3 is 19.7 Å². The predicted molar refractivity (Wildman–Crippen MR) is 118 cm³/mol. The Kier molecular flexibility index (Phi) is 8.06. The molecule has 1 amide bonds. The van der Waals surface area contributed by atoms with Crippen LogP contribution in [0.1, 0.15) is 51.0 Å². The van der Waals surface area contributed by atoms with Gasteiger partial charge in [0.25, 0.3) is 5.91 Å². The number of nitrogens with one attached hydrogen (secondary N) is 2. The number of aliphatic hydroxyl groups is 2. The maximum atomic E-state index is 13.2. The Morgan fingerprint density at radius 3 is 2.68 bits per heavy atom. The topological polar surface area (TPSA) is 112 Å². The molecule has 31 heavy (non-hydrogen) atoms. The van der Waals surface area contributed by atoms with Crippen LogP contribution >= 0.6 is 0 Å². The van der Waals surface area contributed by atoms with Crippen LogP contribution in [0.2, 0.25) is 0 Å². The van der Waals surface area contributed by atoms with Gasteiger partial charge in [0.15, 0.2) is 5.54 Å². The zero-order valence-corrected chi connectivity index (χ0v) is 18.0. The summed E-state index contributed by atoms with van der Waals surface area (Å²) in [5.41, 5.74) is 5.59. The third-order valence-electron chi connectivity index (χ3n) is 5.87. The first-order valence-electron chi connectivity index (χ1n) is 10.9. The van der Waals surface area contributed by atoms with E-state index in [1.165, 1.54) is 0 Å². The summed E-state index contributed by atoms with van der Waals surface area (Å²) in [6, 6.07) is 7.44. The van der Waals surface area contributed by atoms with Gasteiger partial charge in [0.05, 0.1) is 12.7 Å². The summed E-state index contributed by atoms with van der Waals surface area (Å²) in [7, 11) is 0. The van der Waals surface area contributed by atoms with Crippen LogP contribution in [-0.2, 0) is 9.53 Å². The van der Waals surface area contributed by atoms with Crippen LogP contribution in [0.15, 0.2) is 41.9 Å². The average molecular weight is 432 g/mol. The number of hydrazine groups is 1. The SMILES string of the molecule is C=CC[C@]1(C(=O)NNC2CCC(O)CC2)N=C(c2ccc(OCCCO)cc2)O[C@H]1C. The molecule has 1 aromatic carbocycles. The monoisotopic (exact) mass is 431 g/mol. The van der Waals surface area contributed by atoms with Crippen molar-refractivity contribution < 1.29 is 24.5 Å². The molecule has 0 saturated heterocycles. The van der Waals surface area contributed by atoms with Gasteiger partial charge in [-0.1, -0.05) is 6.08 Å². The van der Waals surface area contributed by atoms with Crippen molar-refractivity contribution >= 4 is 11.8 Å². The zero-order chi connectivity index (χ0) is 22.3. The Bertz CT molecular complexity index is 774. The number of aliphatic imine (C=N–C) groups is 1. The highest BCUT2D eigenvalue weighted by Crippen LogP contribution is 2.32. The van der Waals surface area contributed by atoms with E-state index in [1.807, 2.05) is 31.2 Å². The normalized spacial score (nSPS) is 27.8. The van der Waals surface area contributed by atoms with Gasteiger partial charge >= 0.3 is 0 Å². The van der Waals surface area contributed by atoms with Gasteiger partial charge in [0.1, 0.15) is 11.9 Å². The molecule has 0 spiro atoms. The molecule has 0 radical (unpaired) electrons. The molecule has 1 aliphatic heterocycles. The number of hydrogen-bond donors (Lipinski definition) is 4. The molecule has 1 aromatic rings. The predicted octanol–water partition coefficient (Wildman–Crippen LogP) is 1.85. The fourth-order valence-electron chi connectivity index (χ4n) is 3.90. The van der Waals surface area contributed by atoms with Crippen molar-refractivity contribution in [2.75, 3.05) is 13.2 Å². The minimum Gasteiger partial charge on any atom is -0.494 e. The second kappa shape index (κ2) is 10.7. The van der Waals surface area contributed by atoms with Gasteiger partial charge in [-0.25, -0.2) is 10.4 Å². The fourth-order valence-corrected chi connectivity index (χ4v) is 3.90. The van der Waals surface area contributed by atoms with E-state index >= 15 is 0 Å². The van der Waals surface area contributed by atoms with Crippen LogP contribution in [-0.4, -0.2) is 59.0 Å². The van der Waals surface area contributed by atoms with Crippen molar-refractivity contribution in [3.8, 4) is 5.75 Å². The molecule has 0 bridgehead atoms. The molecule has 2 atom stereocenters.